The van der Waals surface area contributed by atoms with E-state index in [-0.39, 0.29) is 17.3 Å². The molecule has 1 aromatic rings. The Morgan fingerprint density at radius 2 is 2.38 bits per heavy atom. The molecule has 88 valence electrons. The summed E-state index contributed by atoms with van der Waals surface area (Å²) < 4.78 is 0. The number of carbonyl (C=O) groups is 1. The highest BCUT2D eigenvalue weighted by Gasteiger charge is 2.14. The van der Waals surface area contributed by atoms with E-state index in [4.69, 9.17) is 0 Å². The molecule has 1 unspecified atom stereocenters. The molecule has 1 aromatic heterocycles. The van der Waals surface area contributed by atoms with Gasteiger partial charge in [-0.3, -0.25) is 4.79 Å². The van der Waals surface area contributed by atoms with Gasteiger partial charge in [0.15, 0.2) is 0 Å². The van der Waals surface area contributed by atoms with Crippen molar-refractivity contribution in [2.75, 3.05) is 13.1 Å². The quantitative estimate of drug-likeness (QED) is 0.562. The molecule has 1 aliphatic rings. The molecule has 2 rings (SSSR count). The third kappa shape index (κ3) is 2.73. The van der Waals surface area contributed by atoms with Crippen LogP contribution in [-0.4, -0.2) is 35.0 Å². The van der Waals surface area contributed by atoms with Gasteiger partial charge >= 0.3 is 5.69 Å². The smallest absolute Gasteiger partial charge is 0.323 e. The standard InChI is InChI=1S/C10H16N4O2/c15-9(8-6-13-10(16)14-8)12-5-7-3-1-2-4-11-7/h6-7,11H,1-5H2,(H,12,15)(H2,13,14,16). The Balaban J connectivity index is 1.81. The molecule has 0 bridgehead atoms. The molecule has 0 radical (unpaired) electrons. The van der Waals surface area contributed by atoms with Gasteiger partial charge in [0, 0.05) is 18.8 Å². The van der Waals surface area contributed by atoms with Gasteiger partial charge in [-0.05, 0) is 19.4 Å². The summed E-state index contributed by atoms with van der Waals surface area (Å²) in [7, 11) is 0. The first kappa shape index (κ1) is 10.9. The monoisotopic (exact) mass is 224 g/mol. The lowest BCUT2D eigenvalue weighted by atomic mass is 10.1. The third-order valence-electron chi connectivity index (χ3n) is 2.76. The van der Waals surface area contributed by atoms with Gasteiger partial charge in [0.05, 0.1) is 0 Å². The predicted octanol–water partition coefficient (Wildman–Crippen LogP) is -0.425. The van der Waals surface area contributed by atoms with Crippen LogP contribution in [0.4, 0.5) is 0 Å². The van der Waals surface area contributed by atoms with Crippen molar-refractivity contribution in [2.24, 2.45) is 0 Å². The number of aromatic amines is 2. The Hall–Kier alpha value is -1.56. The lowest BCUT2D eigenvalue weighted by Gasteiger charge is -2.23. The zero-order chi connectivity index (χ0) is 11.4. The molecular formula is C10H16N4O2. The van der Waals surface area contributed by atoms with Gasteiger partial charge < -0.3 is 20.6 Å². The molecule has 6 nitrogen and oxygen atoms in total. The highest BCUT2D eigenvalue weighted by Crippen LogP contribution is 2.05. The van der Waals surface area contributed by atoms with Crippen LogP contribution < -0.4 is 16.3 Å². The number of carbonyl (C=O) groups excluding carboxylic acids is 1. The molecule has 1 aliphatic heterocycles. The van der Waals surface area contributed by atoms with Crippen molar-refractivity contribution in [2.45, 2.75) is 25.3 Å². The number of nitrogens with one attached hydrogen (secondary N) is 4. The topological polar surface area (TPSA) is 89.8 Å². The second-order valence-electron chi connectivity index (χ2n) is 4.01. The molecule has 6 heteroatoms. The van der Waals surface area contributed by atoms with Crippen LogP contribution >= 0.6 is 0 Å². The van der Waals surface area contributed by atoms with Crippen LogP contribution in [0.2, 0.25) is 0 Å². The number of hydrogen-bond donors (Lipinski definition) is 4. The summed E-state index contributed by atoms with van der Waals surface area (Å²) in [6, 6.07) is 0.350. The van der Waals surface area contributed by atoms with Crippen molar-refractivity contribution in [3.63, 3.8) is 0 Å². The highest BCUT2D eigenvalue weighted by atomic mass is 16.2. The fourth-order valence-electron chi connectivity index (χ4n) is 1.86. The Morgan fingerprint density at radius 3 is 3.00 bits per heavy atom. The summed E-state index contributed by atoms with van der Waals surface area (Å²) in [6.07, 6.45) is 4.88. The van der Waals surface area contributed by atoms with Crippen molar-refractivity contribution in [1.82, 2.24) is 20.6 Å². The van der Waals surface area contributed by atoms with E-state index in [9.17, 15) is 9.59 Å². The number of H-pyrrole nitrogens is 2. The van der Waals surface area contributed by atoms with Gasteiger partial charge in [-0.15, -0.1) is 0 Å². The minimum absolute atomic E-state index is 0.245. The minimum atomic E-state index is -0.360. The second kappa shape index (κ2) is 4.98. The highest BCUT2D eigenvalue weighted by molar-refractivity contribution is 5.91. The van der Waals surface area contributed by atoms with Crippen LogP contribution in [0.5, 0.6) is 0 Å². The average molecular weight is 224 g/mol. The summed E-state index contributed by atoms with van der Waals surface area (Å²) in [5.74, 6) is -0.245. The molecule has 1 atom stereocenters. The molecule has 0 spiro atoms. The Labute approximate surface area is 92.8 Å². The Bertz CT molecular complexity index is 403. The minimum Gasteiger partial charge on any atom is -0.349 e. The van der Waals surface area contributed by atoms with Gasteiger partial charge in [0.25, 0.3) is 5.91 Å². The maximum absolute atomic E-state index is 11.6. The molecule has 2 heterocycles. The van der Waals surface area contributed by atoms with E-state index in [1.165, 1.54) is 19.0 Å². The Kier molecular flexibility index (Phi) is 3.40. The molecule has 1 amide bonds. The molecule has 1 fully saturated rings. The van der Waals surface area contributed by atoms with Crippen molar-refractivity contribution < 1.29 is 4.79 Å². The molecule has 0 aliphatic carbocycles. The van der Waals surface area contributed by atoms with E-state index in [1.54, 1.807) is 0 Å². The number of amides is 1. The zero-order valence-corrected chi connectivity index (χ0v) is 9.01. The van der Waals surface area contributed by atoms with Crippen molar-refractivity contribution >= 4 is 5.91 Å². The third-order valence-corrected chi connectivity index (χ3v) is 2.76. The van der Waals surface area contributed by atoms with Crippen LogP contribution in [0.1, 0.15) is 29.8 Å². The number of imidazole rings is 1. The zero-order valence-electron chi connectivity index (χ0n) is 9.01. The normalized spacial score (nSPS) is 20.6. The summed E-state index contributed by atoms with van der Waals surface area (Å²) in [5.41, 5.74) is -0.0817. The first-order chi connectivity index (χ1) is 7.75. The van der Waals surface area contributed by atoms with Crippen LogP contribution in [0, 0.1) is 0 Å². The maximum atomic E-state index is 11.6. The van der Waals surface area contributed by atoms with Crippen molar-refractivity contribution in [3.8, 4) is 0 Å². The number of rotatable bonds is 3. The molecule has 0 aromatic carbocycles. The summed E-state index contributed by atoms with van der Waals surface area (Å²) in [5, 5.41) is 6.13. The summed E-state index contributed by atoms with van der Waals surface area (Å²) >= 11 is 0. The molecule has 4 N–H and O–H groups in total. The van der Waals surface area contributed by atoms with E-state index in [0.29, 0.717) is 12.6 Å². The number of piperidine rings is 1. The summed E-state index contributed by atoms with van der Waals surface area (Å²) in [6.45, 7) is 1.62. The lowest BCUT2D eigenvalue weighted by Crippen LogP contribution is -2.43. The van der Waals surface area contributed by atoms with Crippen molar-refractivity contribution in [3.05, 3.63) is 22.4 Å². The number of hydrogen-bond acceptors (Lipinski definition) is 3. The number of aromatic nitrogens is 2. The fourth-order valence-corrected chi connectivity index (χ4v) is 1.86. The first-order valence-electron chi connectivity index (χ1n) is 5.55. The fraction of sp³-hybridized carbons (Fsp3) is 0.600. The van der Waals surface area contributed by atoms with E-state index < -0.39 is 0 Å². The lowest BCUT2D eigenvalue weighted by molar-refractivity contribution is 0.0943. The Morgan fingerprint density at radius 1 is 1.50 bits per heavy atom. The molecule has 0 saturated carbocycles. The second-order valence-corrected chi connectivity index (χ2v) is 4.01. The van der Waals surface area contributed by atoms with Crippen molar-refractivity contribution in [1.29, 1.82) is 0 Å². The molecule has 1 saturated heterocycles. The predicted molar refractivity (Wildman–Crippen MR) is 59.4 cm³/mol. The van der Waals surface area contributed by atoms with Gasteiger partial charge in [0.2, 0.25) is 0 Å². The van der Waals surface area contributed by atoms with Crippen LogP contribution in [0.3, 0.4) is 0 Å². The van der Waals surface area contributed by atoms with E-state index in [1.807, 2.05) is 0 Å². The SMILES string of the molecule is O=C(NCC1CCCCN1)c1c[nH]c(=O)[nH]1. The van der Waals surface area contributed by atoms with Gasteiger partial charge in [-0.1, -0.05) is 6.42 Å². The van der Waals surface area contributed by atoms with Gasteiger partial charge in [0.1, 0.15) is 5.69 Å². The van der Waals surface area contributed by atoms with E-state index >= 15 is 0 Å². The average Bonchev–Trinajstić information content (AvgIpc) is 2.74. The van der Waals surface area contributed by atoms with Crippen LogP contribution in [0.15, 0.2) is 11.0 Å². The van der Waals surface area contributed by atoms with Crippen LogP contribution in [-0.2, 0) is 0 Å². The molecular weight excluding hydrogens is 208 g/mol. The molecule has 16 heavy (non-hydrogen) atoms. The van der Waals surface area contributed by atoms with Gasteiger partial charge in [-0.25, -0.2) is 4.79 Å². The van der Waals surface area contributed by atoms with E-state index in [0.717, 1.165) is 13.0 Å². The van der Waals surface area contributed by atoms with Crippen LogP contribution in [0.25, 0.3) is 0 Å². The van der Waals surface area contributed by atoms with Gasteiger partial charge in [-0.2, -0.15) is 0 Å². The summed E-state index contributed by atoms with van der Waals surface area (Å²) in [4.78, 5) is 27.2. The maximum Gasteiger partial charge on any atom is 0.323 e. The largest absolute Gasteiger partial charge is 0.349 e. The first-order valence-corrected chi connectivity index (χ1v) is 5.55. The van der Waals surface area contributed by atoms with E-state index in [2.05, 4.69) is 20.6 Å².